The molecule has 0 aliphatic heterocycles. The summed E-state index contributed by atoms with van der Waals surface area (Å²) in [5.41, 5.74) is 3.00. The SMILES string of the molecule is COCCn1c(CCNC(=O)Cc2ccc(Cl)cc2)nc2ccccc21. The van der Waals surface area contributed by atoms with E-state index in [4.69, 9.17) is 21.3 Å². The largest absolute Gasteiger partial charge is 0.383 e. The molecule has 0 aliphatic carbocycles. The minimum atomic E-state index is -0.00752. The highest BCUT2D eigenvalue weighted by Crippen LogP contribution is 2.16. The van der Waals surface area contributed by atoms with Crippen molar-refractivity contribution in [3.8, 4) is 0 Å². The van der Waals surface area contributed by atoms with E-state index in [9.17, 15) is 4.79 Å². The summed E-state index contributed by atoms with van der Waals surface area (Å²) in [7, 11) is 1.69. The van der Waals surface area contributed by atoms with Gasteiger partial charge in [-0.05, 0) is 29.8 Å². The van der Waals surface area contributed by atoms with Crippen LogP contribution in [0.5, 0.6) is 0 Å². The van der Waals surface area contributed by atoms with Gasteiger partial charge >= 0.3 is 0 Å². The maximum absolute atomic E-state index is 12.1. The lowest BCUT2D eigenvalue weighted by Gasteiger charge is -2.09. The number of amides is 1. The number of carbonyl (C=O) groups excluding carboxylic acids is 1. The molecular weight excluding hydrogens is 350 g/mol. The maximum atomic E-state index is 12.1. The third-order valence-corrected chi connectivity index (χ3v) is 4.45. The number of methoxy groups -OCH3 is 1. The van der Waals surface area contributed by atoms with Crippen LogP contribution >= 0.6 is 11.6 Å². The zero-order chi connectivity index (χ0) is 18.4. The quantitative estimate of drug-likeness (QED) is 0.661. The number of benzene rings is 2. The molecule has 1 aromatic heterocycles. The van der Waals surface area contributed by atoms with E-state index in [0.29, 0.717) is 31.0 Å². The molecule has 3 aromatic rings. The zero-order valence-corrected chi connectivity index (χ0v) is 15.5. The number of rotatable bonds is 8. The number of hydrogen-bond acceptors (Lipinski definition) is 3. The van der Waals surface area contributed by atoms with Crippen LogP contribution in [-0.2, 0) is 28.9 Å². The Kier molecular flexibility index (Phi) is 6.26. The number of imidazole rings is 1. The monoisotopic (exact) mass is 371 g/mol. The molecule has 0 fully saturated rings. The molecule has 3 rings (SSSR count). The van der Waals surface area contributed by atoms with E-state index in [1.165, 1.54) is 0 Å². The second kappa shape index (κ2) is 8.83. The Bertz CT molecular complexity index is 874. The minimum absolute atomic E-state index is 0.00752. The average Bonchev–Trinajstić information content (AvgIpc) is 2.99. The third kappa shape index (κ3) is 4.62. The van der Waals surface area contributed by atoms with E-state index < -0.39 is 0 Å². The molecule has 136 valence electrons. The highest BCUT2D eigenvalue weighted by atomic mass is 35.5. The second-order valence-electron chi connectivity index (χ2n) is 6.06. The van der Waals surface area contributed by atoms with E-state index >= 15 is 0 Å². The fourth-order valence-electron chi connectivity index (χ4n) is 2.91. The molecule has 0 spiro atoms. The first-order chi connectivity index (χ1) is 12.7. The lowest BCUT2D eigenvalue weighted by atomic mass is 10.1. The highest BCUT2D eigenvalue weighted by Gasteiger charge is 2.11. The van der Waals surface area contributed by atoms with Crippen molar-refractivity contribution < 1.29 is 9.53 Å². The van der Waals surface area contributed by atoms with Crippen LogP contribution in [0.1, 0.15) is 11.4 Å². The van der Waals surface area contributed by atoms with Gasteiger partial charge in [-0.25, -0.2) is 4.98 Å². The lowest BCUT2D eigenvalue weighted by Crippen LogP contribution is -2.28. The molecule has 0 unspecified atom stereocenters. The lowest BCUT2D eigenvalue weighted by molar-refractivity contribution is -0.120. The van der Waals surface area contributed by atoms with Crippen molar-refractivity contribution in [2.24, 2.45) is 0 Å². The molecule has 0 radical (unpaired) electrons. The Morgan fingerprint density at radius 2 is 1.96 bits per heavy atom. The Morgan fingerprint density at radius 3 is 2.73 bits per heavy atom. The number of halogens is 1. The van der Waals surface area contributed by atoms with Crippen LogP contribution < -0.4 is 5.32 Å². The van der Waals surface area contributed by atoms with Gasteiger partial charge in [-0.2, -0.15) is 0 Å². The average molecular weight is 372 g/mol. The van der Waals surface area contributed by atoms with E-state index in [-0.39, 0.29) is 5.91 Å². The molecule has 0 bridgehead atoms. The molecule has 1 amide bonds. The van der Waals surface area contributed by atoms with Crippen molar-refractivity contribution >= 4 is 28.5 Å². The van der Waals surface area contributed by atoms with Crippen LogP contribution in [0.15, 0.2) is 48.5 Å². The number of nitrogens with zero attached hydrogens (tertiary/aromatic N) is 2. The third-order valence-electron chi connectivity index (χ3n) is 4.20. The van der Waals surface area contributed by atoms with Crippen LogP contribution in [0.3, 0.4) is 0 Å². The Hall–Kier alpha value is -2.37. The number of ether oxygens (including phenoxy) is 1. The molecule has 5 nitrogen and oxygen atoms in total. The molecule has 0 saturated carbocycles. The number of para-hydroxylation sites is 2. The van der Waals surface area contributed by atoms with Gasteiger partial charge in [0.25, 0.3) is 0 Å². The van der Waals surface area contributed by atoms with Crippen LogP contribution in [0.4, 0.5) is 0 Å². The van der Waals surface area contributed by atoms with Crippen molar-refractivity contribution in [2.45, 2.75) is 19.4 Å². The molecule has 1 heterocycles. The molecule has 1 N–H and O–H groups in total. The number of hydrogen-bond donors (Lipinski definition) is 1. The predicted octanol–water partition coefficient (Wildman–Crippen LogP) is 3.24. The minimum Gasteiger partial charge on any atom is -0.383 e. The molecule has 2 aromatic carbocycles. The van der Waals surface area contributed by atoms with E-state index in [1.54, 1.807) is 19.2 Å². The summed E-state index contributed by atoms with van der Waals surface area (Å²) in [6.45, 7) is 1.91. The van der Waals surface area contributed by atoms with E-state index in [2.05, 4.69) is 16.0 Å². The molecule has 0 aliphatic rings. The van der Waals surface area contributed by atoms with Gasteiger partial charge in [-0.15, -0.1) is 0 Å². The van der Waals surface area contributed by atoms with Gasteiger partial charge in [0.2, 0.25) is 5.91 Å². The molecular formula is C20H22ClN3O2. The van der Waals surface area contributed by atoms with Gasteiger partial charge in [-0.3, -0.25) is 4.79 Å². The molecule has 0 saturated heterocycles. The Morgan fingerprint density at radius 1 is 1.19 bits per heavy atom. The summed E-state index contributed by atoms with van der Waals surface area (Å²) < 4.78 is 7.37. The number of nitrogens with one attached hydrogen (secondary N) is 1. The fourth-order valence-corrected chi connectivity index (χ4v) is 3.04. The summed E-state index contributed by atoms with van der Waals surface area (Å²) in [5.74, 6) is 0.946. The standard InChI is InChI=1S/C20H22ClN3O2/c1-26-13-12-24-18-5-3-2-4-17(18)23-19(24)10-11-22-20(25)14-15-6-8-16(21)9-7-15/h2-9H,10-14H2,1H3,(H,22,25). The fraction of sp³-hybridized carbons (Fsp3) is 0.300. The van der Waals surface area contributed by atoms with Gasteiger partial charge in [0.05, 0.1) is 24.1 Å². The summed E-state index contributed by atoms with van der Waals surface area (Å²) in [5, 5.41) is 3.64. The van der Waals surface area contributed by atoms with Crippen molar-refractivity contribution in [1.82, 2.24) is 14.9 Å². The first-order valence-corrected chi connectivity index (χ1v) is 8.99. The van der Waals surface area contributed by atoms with Crippen molar-refractivity contribution in [3.63, 3.8) is 0 Å². The smallest absolute Gasteiger partial charge is 0.224 e. The van der Waals surface area contributed by atoms with Crippen LogP contribution in [0, 0.1) is 0 Å². The van der Waals surface area contributed by atoms with Crippen molar-refractivity contribution in [1.29, 1.82) is 0 Å². The van der Waals surface area contributed by atoms with Gasteiger partial charge in [0, 0.05) is 31.6 Å². The molecule has 6 heteroatoms. The van der Waals surface area contributed by atoms with Gasteiger partial charge in [-0.1, -0.05) is 35.9 Å². The van der Waals surface area contributed by atoms with E-state index in [1.807, 2.05) is 30.3 Å². The van der Waals surface area contributed by atoms with E-state index in [0.717, 1.165) is 29.0 Å². The maximum Gasteiger partial charge on any atom is 0.224 e. The van der Waals surface area contributed by atoms with Crippen LogP contribution in [0.2, 0.25) is 5.02 Å². The van der Waals surface area contributed by atoms with Crippen molar-refractivity contribution in [2.75, 3.05) is 20.3 Å². The van der Waals surface area contributed by atoms with Crippen LogP contribution in [0.25, 0.3) is 11.0 Å². The number of aromatic nitrogens is 2. The summed E-state index contributed by atoms with van der Waals surface area (Å²) in [6, 6.07) is 15.4. The number of carbonyl (C=O) groups is 1. The van der Waals surface area contributed by atoms with Gasteiger partial charge < -0.3 is 14.6 Å². The summed E-state index contributed by atoms with van der Waals surface area (Å²) in [6.07, 6.45) is 1.02. The normalized spacial score (nSPS) is 11.0. The first-order valence-electron chi connectivity index (χ1n) is 8.61. The Balaban J connectivity index is 1.60. The number of fused-ring (bicyclic) bond motifs is 1. The zero-order valence-electron chi connectivity index (χ0n) is 14.7. The topological polar surface area (TPSA) is 56.1 Å². The Labute approximate surface area is 157 Å². The van der Waals surface area contributed by atoms with Gasteiger partial charge in [0.15, 0.2) is 0 Å². The summed E-state index contributed by atoms with van der Waals surface area (Å²) >= 11 is 5.87. The molecule has 26 heavy (non-hydrogen) atoms. The summed E-state index contributed by atoms with van der Waals surface area (Å²) in [4.78, 5) is 16.8. The first kappa shape index (κ1) is 18.4. The van der Waals surface area contributed by atoms with Crippen LogP contribution in [-0.4, -0.2) is 35.7 Å². The van der Waals surface area contributed by atoms with Crippen molar-refractivity contribution in [3.05, 3.63) is 64.9 Å². The predicted molar refractivity (Wildman–Crippen MR) is 103 cm³/mol. The highest BCUT2D eigenvalue weighted by molar-refractivity contribution is 6.30. The van der Waals surface area contributed by atoms with Gasteiger partial charge in [0.1, 0.15) is 5.82 Å². The second-order valence-corrected chi connectivity index (χ2v) is 6.50. The molecule has 0 atom stereocenters.